The first-order valence-corrected chi connectivity index (χ1v) is 5.72. The Bertz CT molecular complexity index is 405. The van der Waals surface area contributed by atoms with Crippen LogP contribution in [-0.2, 0) is 11.3 Å². The first-order chi connectivity index (χ1) is 7.97. The van der Waals surface area contributed by atoms with Gasteiger partial charge in [-0.05, 0) is 5.92 Å². The molecule has 6 nitrogen and oxygen atoms in total. The molecule has 0 aliphatic heterocycles. The Morgan fingerprint density at radius 2 is 2.24 bits per heavy atom. The lowest BCUT2D eigenvalue weighted by Crippen LogP contribution is -2.24. The van der Waals surface area contributed by atoms with E-state index < -0.39 is 0 Å². The second-order valence-corrected chi connectivity index (χ2v) is 4.46. The molecule has 1 amide bonds. The van der Waals surface area contributed by atoms with Crippen molar-refractivity contribution in [1.82, 2.24) is 15.5 Å². The molecule has 0 spiro atoms. The number of aromatic nitrogens is 2. The van der Waals surface area contributed by atoms with Gasteiger partial charge in [-0.3, -0.25) is 4.79 Å². The zero-order chi connectivity index (χ0) is 12.8. The van der Waals surface area contributed by atoms with E-state index in [1.165, 1.54) is 0 Å². The van der Waals surface area contributed by atoms with E-state index in [1.807, 2.05) is 6.92 Å². The molecular formula is C10H16N4O2S. The predicted octanol–water partition coefficient (Wildman–Crippen LogP) is 0.697. The normalized spacial score (nSPS) is 12.1. The summed E-state index contributed by atoms with van der Waals surface area (Å²) < 4.78 is 5.18. The third-order valence-electron chi connectivity index (χ3n) is 2.09. The van der Waals surface area contributed by atoms with Crippen molar-refractivity contribution < 1.29 is 9.21 Å². The van der Waals surface area contributed by atoms with Gasteiger partial charge < -0.3 is 15.5 Å². The monoisotopic (exact) mass is 256 g/mol. The van der Waals surface area contributed by atoms with E-state index in [2.05, 4.69) is 15.5 Å². The Labute approximate surface area is 105 Å². The number of rotatable bonds is 6. The smallest absolute Gasteiger partial charge is 0.235 e. The van der Waals surface area contributed by atoms with Crippen molar-refractivity contribution in [2.45, 2.75) is 33.2 Å². The fraction of sp³-hybridized carbons (Fsp3) is 0.600. The van der Waals surface area contributed by atoms with E-state index in [-0.39, 0.29) is 11.8 Å². The van der Waals surface area contributed by atoms with Crippen LogP contribution in [0.25, 0.3) is 0 Å². The van der Waals surface area contributed by atoms with Crippen molar-refractivity contribution >= 4 is 23.1 Å². The van der Waals surface area contributed by atoms with Crippen molar-refractivity contribution in [3.63, 3.8) is 0 Å². The van der Waals surface area contributed by atoms with Crippen molar-refractivity contribution in [3.05, 3.63) is 11.8 Å². The predicted molar refractivity (Wildman–Crippen MR) is 66.1 cm³/mol. The summed E-state index contributed by atoms with van der Waals surface area (Å²) in [5.74, 6) is 0.840. The van der Waals surface area contributed by atoms with Gasteiger partial charge in [0, 0.05) is 19.8 Å². The molecule has 0 fully saturated rings. The van der Waals surface area contributed by atoms with Gasteiger partial charge in [0.15, 0.2) is 0 Å². The number of nitrogens with one attached hydrogen (secondary N) is 1. The van der Waals surface area contributed by atoms with Crippen molar-refractivity contribution in [3.8, 4) is 0 Å². The molecular weight excluding hydrogens is 240 g/mol. The summed E-state index contributed by atoms with van der Waals surface area (Å²) in [6.45, 7) is 4.06. The number of amides is 1. The molecule has 0 bridgehead atoms. The van der Waals surface area contributed by atoms with Crippen LogP contribution in [0, 0.1) is 12.8 Å². The molecule has 3 N–H and O–H groups in total. The minimum absolute atomic E-state index is 0.136. The number of carbonyl (C=O) groups is 1. The van der Waals surface area contributed by atoms with Crippen molar-refractivity contribution in [2.24, 2.45) is 11.7 Å². The third-order valence-corrected chi connectivity index (χ3v) is 2.40. The minimum atomic E-state index is -0.312. The van der Waals surface area contributed by atoms with Crippen molar-refractivity contribution in [2.75, 3.05) is 0 Å². The molecule has 0 radical (unpaired) electrons. The summed E-state index contributed by atoms with van der Waals surface area (Å²) in [5, 5.41) is 10.5. The Hall–Kier alpha value is -1.50. The van der Waals surface area contributed by atoms with Crippen LogP contribution in [0.4, 0.5) is 0 Å². The van der Waals surface area contributed by atoms with E-state index >= 15 is 0 Å². The molecule has 1 rings (SSSR count). The molecule has 1 aromatic heterocycles. The summed E-state index contributed by atoms with van der Waals surface area (Å²) >= 11 is 5.14. The Kier molecular flexibility index (Phi) is 5.02. The molecule has 1 heterocycles. The van der Waals surface area contributed by atoms with Crippen molar-refractivity contribution in [1.29, 1.82) is 0 Å². The number of carbonyl (C=O) groups excluding carboxylic acids is 1. The summed E-state index contributed by atoms with van der Waals surface area (Å²) in [7, 11) is 0. The lowest BCUT2D eigenvalue weighted by atomic mass is 10.0. The van der Waals surface area contributed by atoms with Gasteiger partial charge in [0.2, 0.25) is 17.7 Å². The van der Waals surface area contributed by atoms with Crippen LogP contribution in [0.5, 0.6) is 0 Å². The highest BCUT2D eigenvalue weighted by Crippen LogP contribution is 2.07. The summed E-state index contributed by atoms with van der Waals surface area (Å²) in [6, 6.07) is 0. The SMILES string of the molecule is Cc1nnc(CNC(=S)C[C@H](C)CC(N)=O)o1. The quantitative estimate of drug-likeness (QED) is 0.727. The zero-order valence-corrected chi connectivity index (χ0v) is 10.7. The molecule has 0 aliphatic rings. The summed E-state index contributed by atoms with van der Waals surface area (Å²) in [5.41, 5.74) is 5.10. The zero-order valence-electron chi connectivity index (χ0n) is 9.90. The molecule has 0 unspecified atom stereocenters. The number of nitrogens with zero attached hydrogens (tertiary/aromatic N) is 2. The lowest BCUT2D eigenvalue weighted by molar-refractivity contribution is -0.118. The summed E-state index contributed by atoms with van der Waals surface area (Å²) in [4.78, 5) is 11.4. The maximum Gasteiger partial charge on any atom is 0.235 e. The van der Waals surface area contributed by atoms with Gasteiger partial charge in [-0.15, -0.1) is 10.2 Å². The molecule has 17 heavy (non-hydrogen) atoms. The summed E-state index contributed by atoms with van der Waals surface area (Å²) in [6.07, 6.45) is 0.951. The highest BCUT2D eigenvalue weighted by molar-refractivity contribution is 7.80. The number of nitrogens with two attached hydrogens (primary N) is 1. The van der Waals surface area contributed by atoms with Crippen LogP contribution in [0.1, 0.15) is 31.5 Å². The maximum absolute atomic E-state index is 10.7. The van der Waals surface area contributed by atoms with Crippen LogP contribution < -0.4 is 11.1 Å². The van der Waals surface area contributed by atoms with Gasteiger partial charge in [-0.25, -0.2) is 0 Å². The van der Waals surface area contributed by atoms with Gasteiger partial charge in [-0.1, -0.05) is 19.1 Å². The first-order valence-electron chi connectivity index (χ1n) is 5.31. The molecule has 1 aromatic rings. The minimum Gasteiger partial charge on any atom is -0.424 e. The van der Waals surface area contributed by atoms with E-state index in [0.717, 1.165) is 0 Å². The van der Waals surface area contributed by atoms with Gasteiger partial charge in [0.1, 0.15) is 0 Å². The second kappa shape index (κ2) is 6.29. The lowest BCUT2D eigenvalue weighted by Gasteiger charge is -2.10. The van der Waals surface area contributed by atoms with E-state index in [1.54, 1.807) is 6.92 Å². The average molecular weight is 256 g/mol. The van der Waals surface area contributed by atoms with E-state index in [0.29, 0.717) is 36.2 Å². The average Bonchev–Trinajstić information content (AvgIpc) is 2.59. The van der Waals surface area contributed by atoms with E-state index in [4.69, 9.17) is 22.4 Å². The number of hydrogen-bond acceptors (Lipinski definition) is 5. The molecule has 94 valence electrons. The molecule has 1 atom stereocenters. The molecule has 0 aromatic carbocycles. The number of aryl methyl sites for hydroxylation is 1. The fourth-order valence-electron chi connectivity index (χ4n) is 1.39. The van der Waals surface area contributed by atoms with Gasteiger partial charge in [0.25, 0.3) is 0 Å². The number of thiocarbonyl (C=S) groups is 1. The van der Waals surface area contributed by atoms with Crippen LogP contribution >= 0.6 is 12.2 Å². The topological polar surface area (TPSA) is 94.0 Å². The van der Waals surface area contributed by atoms with Crippen LogP contribution in [0.15, 0.2) is 4.42 Å². The number of hydrogen-bond donors (Lipinski definition) is 2. The number of primary amides is 1. The third kappa shape index (κ3) is 5.39. The molecule has 7 heteroatoms. The van der Waals surface area contributed by atoms with Gasteiger partial charge in [0.05, 0.1) is 11.5 Å². The maximum atomic E-state index is 10.7. The highest BCUT2D eigenvalue weighted by Gasteiger charge is 2.10. The van der Waals surface area contributed by atoms with E-state index in [9.17, 15) is 4.79 Å². The van der Waals surface area contributed by atoms with Crippen LogP contribution in [0.3, 0.4) is 0 Å². The first kappa shape index (κ1) is 13.6. The Balaban J connectivity index is 2.28. The fourth-order valence-corrected chi connectivity index (χ4v) is 1.74. The Morgan fingerprint density at radius 3 is 2.76 bits per heavy atom. The standard InChI is InChI=1S/C10H16N4O2S/c1-6(3-8(11)15)4-10(17)12-5-9-14-13-7(2)16-9/h6H,3-5H2,1-2H3,(H2,11,15)(H,12,17)/t6-/m1/s1. The van der Waals surface area contributed by atoms with Gasteiger partial charge >= 0.3 is 0 Å². The molecule has 0 saturated carbocycles. The van der Waals surface area contributed by atoms with Crippen LogP contribution in [0.2, 0.25) is 0 Å². The molecule has 0 aliphatic carbocycles. The largest absolute Gasteiger partial charge is 0.424 e. The van der Waals surface area contributed by atoms with Crippen LogP contribution in [-0.4, -0.2) is 21.1 Å². The second-order valence-electron chi connectivity index (χ2n) is 3.97. The molecule has 0 saturated heterocycles. The highest BCUT2D eigenvalue weighted by atomic mass is 32.1. The Morgan fingerprint density at radius 1 is 1.53 bits per heavy atom. The van der Waals surface area contributed by atoms with Gasteiger partial charge in [-0.2, -0.15) is 0 Å².